The molecule has 0 unspecified atom stereocenters. The lowest BCUT2D eigenvalue weighted by Gasteiger charge is -2.16. The van der Waals surface area contributed by atoms with E-state index < -0.39 is 0 Å². The Labute approximate surface area is 192 Å². The maximum absolute atomic E-state index is 13.0. The van der Waals surface area contributed by atoms with Gasteiger partial charge in [0, 0.05) is 48.2 Å². The van der Waals surface area contributed by atoms with Crippen molar-refractivity contribution in [3.05, 3.63) is 71.0 Å². The number of ketones is 1. The van der Waals surface area contributed by atoms with Crippen LogP contribution in [-0.2, 0) is 11.3 Å². The summed E-state index contributed by atoms with van der Waals surface area (Å²) in [6, 6.07) is 15.2. The van der Waals surface area contributed by atoms with Gasteiger partial charge < -0.3 is 23.7 Å². The molecule has 3 heterocycles. The topological polar surface area (TPSA) is 70.0 Å². The Hall–Kier alpha value is -3.74. The molecule has 1 aromatic heterocycles. The van der Waals surface area contributed by atoms with Gasteiger partial charge in [-0.15, -0.1) is 0 Å². The van der Waals surface area contributed by atoms with Crippen molar-refractivity contribution < 1.29 is 23.8 Å². The second kappa shape index (κ2) is 8.65. The first-order valence-electron chi connectivity index (χ1n) is 11.1. The van der Waals surface area contributed by atoms with Gasteiger partial charge in [-0.25, -0.2) is 0 Å². The Morgan fingerprint density at radius 3 is 2.73 bits per heavy atom. The lowest BCUT2D eigenvalue weighted by atomic mass is 10.1. The molecule has 1 fully saturated rings. The number of amides is 1. The van der Waals surface area contributed by atoms with Crippen molar-refractivity contribution in [2.75, 3.05) is 24.8 Å². The summed E-state index contributed by atoms with van der Waals surface area (Å²) in [5.41, 5.74) is 4.44. The fourth-order valence-corrected chi connectivity index (χ4v) is 4.44. The van der Waals surface area contributed by atoms with E-state index in [1.54, 1.807) is 11.0 Å². The highest BCUT2D eigenvalue weighted by Crippen LogP contribution is 2.33. The molecule has 5 rings (SSSR count). The Bertz CT molecular complexity index is 1230. The monoisotopic (exact) mass is 446 g/mol. The predicted octanol–water partition coefficient (Wildman–Crippen LogP) is 4.27. The van der Waals surface area contributed by atoms with Crippen LogP contribution in [0.5, 0.6) is 17.2 Å². The average Bonchev–Trinajstić information content (AvgIpc) is 3.53. The van der Waals surface area contributed by atoms with Crippen LogP contribution in [0.15, 0.2) is 48.5 Å². The van der Waals surface area contributed by atoms with E-state index in [4.69, 9.17) is 14.2 Å². The summed E-state index contributed by atoms with van der Waals surface area (Å²) in [6.45, 7) is 5.48. The summed E-state index contributed by atoms with van der Waals surface area (Å²) in [4.78, 5) is 26.7. The number of fused-ring (bicyclic) bond motifs is 1. The van der Waals surface area contributed by atoms with Gasteiger partial charge in [0.25, 0.3) is 0 Å². The van der Waals surface area contributed by atoms with Crippen LogP contribution >= 0.6 is 0 Å². The van der Waals surface area contributed by atoms with E-state index in [1.165, 1.54) is 0 Å². The lowest BCUT2D eigenvalue weighted by Crippen LogP contribution is -2.23. The first-order chi connectivity index (χ1) is 16.0. The van der Waals surface area contributed by atoms with E-state index in [-0.39, 0.29) is 25.1 Å². The number of carbonyl (C=O) groups is 2. The second-order valence-electron chi connectivity index (χ2n) is 8.42. The zero-order valence-electron chi connectivity index (χ0n) is 18.8. The third-order valence-electron chi connectivity index (χ3n) is 6.22. The number of hydrogen-bond acceptors (Lipinski definition) is 5. The molecule has 1 amide bonds. The van der Waals surface area contributed by atoms with E-state index in [2.05, 4.69) is 4.57 Å². The lowest BCUT2D eigenvalue weighted by molar-refractivity contribution is -0.117. The first kappa shape index (κ1) is 21.1. The predicted molar refractivity (Wildman–Crippen MR) is 123 cm³/mol. The molecule has 0 saturated carbocycles. The largest absolute Gasteiger partial charge is 0.485 e. The zero-order valence-corrected chi connectivity index (χ0v) is 18.8. The van der Waals surface area contributed by atoms with E-state index in [0.717, 1.165) is 47.1 Å². The minimum Gasteiger partial charge on any atom is -0.485 e. The Kier molecular flexibility index (Phi) is 5.54. The van der Waals surface area contributed by atoms with Crippen molar-refractivity contribution >= 4 is 17.4 Å². The van der Waals surface area contributed by atoms with Crippen molar-refractivity contribution in [1.82, 2.24) is 4.57 Å². The van der Waals surface area contributed by atoms with Crippen molar-refractivity contribution in [1.29, 1.82) is 0 Å². The van der Waals surface area contributed by atoms with Crippen LogP contribution in [0.3, 0.4) is 0 Å². The molecule has 2 aliphatic rings. The molecule has 7 heteroatoms. The quantitative estimate of drug-likeness (QED) is 0.507. The van der Waals surface area contributed by atoms with Gasteiger partial charge in [0.15, 0.2) is 18.1 Å². The van der Waals surface area contributed by atoms with Crippen molar-refractivity contribution in [3.63, 3.8) is 0 Å². The van der Waals surface area contributed by atoms with Gasteiger partial charge in [-0.1, -0.05) is 12.1 Å². The summed E-state index contributed by atoms with van der Waals surface area (Å²) in [5.74, 6) is 2.12. The Balaban J connectivity index is 1.27. The minimum atomic E-state index is -0.0808. The van der Waals surface area contributed by atoms with Crippen LogP contribution in [0.25, 0.3) is 0 Å². The number of Topliss-reactive ketones (excluding diaryl/α,β-unsaturated/α-hetero) is 1. The minimum absolute atomic E-state index is 0.0638. The van der Waals surface area contributed by atoms with Gasteiger partial charge in [0.05, 0.1) is 0 Å². The van der Waals surface area contributed by atoms with Gasteiger partial charge in [-0.3, -0.25) is 9.59 Å². The molecule has 170 valence electrons. The normalized spacial score (nSPS) is 14.7. The van der Waals surface area contributed by atoms with Crippen LogP contribution in [0.1, 0.15) is 40.2 Å². The molecule has 33 heavy (non-hydrogen) atoms. The van der Waals surface area contributed by atoms with Crippen LogP contribution in [-0.4, -0.2) is 36.2 Å². The summed E-state index contributed by atoms with van der Waals surface area (Å²) >= 11 is 0. The van der Waals surface area contributed by atoms with Gasteiger partial charge in [0.1, 0.15) is 5.75 Å². The fraction of sp³-hybridized carbons (Fsp3) is 0.308. The molecule has 0 bridgehead atoms. The fourth-order valence-electron chi connectivity index (χ4n) is 4.44. The van der Waals surface area contributed by atoms with Crippen LogP contribution < -0.4 is 19.1 Å². The third-order valence-corrected chi connectivity index (χ3v) is 6.22. The van der Waals surface area contributed by atoms with Gasteiger partial charge in [-0.05, 0) is 56.2 Å². The number of aryl methyl sites for hydroxylation is 1. The van der Waals surface area contributed by atoms with E-state index in [0.29, 0.717) is 24.3 Å². The van der Waals surface area contributed by atoms with E-state index >= 15 is 0 Å². The van der Waals surface area contributed by atoms with Crippen molar-refractivity contribution in [2.24, 2.45) is 0 Å². The van der Waals surface area contributed by atoms with Crippen molar-refractivity contribution in [2.45, 2.75) is 33.2 Å². The highest BCUT2D eigenvalue weighted by molar-refractivity contribution is 5.98. The molecule has 0 aliphatic carbocycles. The smallest absolute Gasteiger partial charge is 0.231 e. The molecule has 0 atom stereocenters. The number of carbonyl (C=O) groups excluding carboxylic acids is 2. The molecule has 0 radical (unpaired) electrons. The number of nitrogens with zero attached hydrogens (tertiary/aromatic N) is 2. The number of benzene rings is 2. The molecular weight excluding hydrogens is 420 g/mol. The first-order valence-corrected chi connectivity index (χ1v) is 11.1. The van der Waals surface area contributed by atoms with Crippen LogP contribution in [0.2, 0.25) is 0 Å². The second-order valence-corrected chi connectivity index (χ2v) is 8.42. The maximum atomic E-state index is 13.0. The Morgan fingerprint density at radius 1 is 1.06 bits per heavy atom. The summed E-state index contributed by atoms with van der Waals surface area (Å²) in [6.07, 6.45) is 1.44. The van der Waals surface area contributed by atoms with Crippen LogP contribution in [0.4, 0.5) is 5.69 Å². The number of rotatable bonds is 7. The standard InChI is InChI=1S/C26H26N2O5/c1-17-11-22(18(2)28(17)14-19-8-9-24-25(12-19)33-16-32-24)23(29)15-31-21-6-3-5-20(13-21)27-10-4-7-26(27)30/h3,5-6,8-9,11-13H,4,7,10,14-16H2,1-2H3. The molecule has 2 aromatic carbocycles. The van der Waals surface area contributed by atoms with Gasteiger partial charge in [0.2, 0.25) is 18.5 Å². The SMILES string of the molecule is Cc1cc(C(=O)COc2cccc(N3CCCC3=O)c2)c(C)n1Cc1ccc2c(c1)OCO2. The molecule has 2 aliphatic heterocycles. The molecule has 0 spiro atoms. The number of hydrogen-bond donors (Lipinski definition) is 0. The maximum Gasteiger partial charge on any atom is 0.231 e. The highest BCUT2D eigenvalue weighted by atomic mass is 16.7. The van der Waals surface area contributed by atoms with Crippen LogP contribution in [0, 0.1) is 13.8 Å². The third kappa shape index (κ3) is 4.18. The van der Waals surface area contributed by atoms with E-state index in [9.17, 15) is 9.59 Å². The molecule has 0 N–H and O–H groups in total. The van der Waals surface area contributed by atoms with Crippen molar-refractivity contribution in [3.8, 4) is 17.2 Å². The molecule has 1 saturated heterocycles. The number of aromatic nitrogens is 1. The Morgan fingerprint density at radius 2 is 1.91 bits per heavy atom. The van der Waals surface area contributed by atoms with Gasteiger partial charge in [-0.2, -0.15) is 0 Å². The molecule has 3 aromatic rings. The highest BCUT2D eigenvalue weighted by Gasteiger charge is 2.22. The molecular formula is C26H26N2O5. The number of anilines is 1. The zero-order chi connectivity index (χ0) is 22.9. The summed E-state index contributed by atoms with van der Waals surface area (Å²) in [5, 5.41) is 0. The average molecular weight is 447 g/mol. The van der Waals surface area contributed by atoms with E-state index in [1.807, 2.05) is 56.3 Å². The summed E-state index contributed by atoms with van der Waals surface area (Å²) in [7, 11) is 0. The number of ether oxygens (including phenoxy) is 3. The summed E-state index contributed by atoms with van der Waals surface area (Å²) < 4.78 is 18.8. The van der Waals surface area contributed by atoms with Gasteiger partial charge >= 0.3 is 0 Å². The molecule has 7 nitrogen and oxygen atoms in total.